The summed E-state index contributed by atoms with van der Waals surface area (Å²) in [7, 11) is 1.78. The van der Waals surface area contributed by atoms with Crippen molar-refractivity contribution in [3.63, 3.8) is 0 Å². The first-order valence-corrected chi connectivity index (χ1v) is 6.86. The molecule has 2 heteroatoms. The average molecular weight is 227 g/mol. The molecule has 1 unspecified atom stereocenters. The van der Waals surface area contributed by atoms with Gasteiger partial charge >= 0.3 is 0 Å². The van der Waals surface area contributed by atoms with Gasteiger partial charge in [-0.1, -0.05) is 20.3 Å². The van der Waals surface area contributed by atoms with Gasteiger partial charge in [0.1, 0.15) is 0 Å². The maximum Gasteiger partial charge on any atom is 0.0462 e. The predicted octanol–water partition coefficient (Wildman–Crippen LogP) is 3.36. The first-order chi connectivity index (χ1) is 7.64. The van der Waals surface area contributed by atoms with Crippen molar-refractivity contribution in [2.24, 2.45) is 5.41 Å². The molecule has 1 N–H and O–H groups in total. The maximum absolute atomic E-state index is 5.05. The van der Waals surface area contributed by atoms with Gasteiger partial charge in [-0.25, -0.2) is 0 Å². The Kier molecular flexibility index (Phi) is 6.37. The van der Waals surface area contributed by atoms with Gasteiger partial charge in [-0.3, -0.25) is 0 Å². The fourth-order valence-corrected chi connectivity index (χ4v) is 2.54. The lowest BCUT2D eigenvalue weighted by Crippen LogP contribution is -2.29. The van der Waals surface area contributed by atoms with Crippen LogP contribution in [0.25, 0.3) is 0 Å². The highest BCUT2D eigenvalue weighted by Crippen LogP contribution is 2.33. The number of nitrogens with one attached hydrogen (secondary N) is 1. The standard InChI is InChI=1S/C14H29NO/c1-14(2)9-6-7-13(8-10-14)15-11-4-5-12-16-3/h13,15H,4-12H2,1-3H3. The van der Waals surface area contributed by atoms with E-state index in [1.807, 2.05) is 0 Å². The minimum atomic E-state index is 0.576. The van der Waals surface area contributed by atoms with Crippen LogP contribution < -0.4 is 5.32 Å². The summed E-state index contributed by atoms with van der Waals surface area (Å²) in [5, 5.41) is 3.70. The minimum absolute atomic E-state index is 0.576. The monoisotopic (exact) mass is 227 g/mol. The van der Waals surface area contributed by atoms with Crippen molar-refractivity contribution in [3.05, 3.63) is 0 Å². The van der Waals surface area contributed by atoms with E-state index in [4.69, 9.17) is 4.74 Å². The van der Waals surface area contributed by atoms with Gasteiger partial charge in [-0.05, 0) is 50.5 Å². The molecular weight excluding hydrogens is 198 g/mol. The fourth-order valence-electron chi connectivity index (χ4n) is 2.54. The zero-order valence-electron chi connectivity index (χ0n) is 11.3. The van der Waals surface area contributed by atoms with Gasteiger partial charge < -0.3 is 10.1 Å². The van der Waals surface area contributed by atoms with Gasteiger partial charge in [-0.2, -0.15) is 0 Å². The first-order valence-electron chi connectivity index (χ1n) is 6.86. The molecule has 0 radical (unpaired) electrons. The Labute approximate surface area is 101 Å². The van der Waals surface area contributed by atoms with E-state index in [0.29, 0.717) is 5.41 Å². The highest BCUT2D eigenvalue weighted by molar-refractivity contribution is 4.79. The van der Waals surface area contributed by atoms with Crippen LogP contribution in [0.4, 0.5) is 0 Å². The fraction of sp³-hybridized carbons (Fsp3) is 1.00. The molecule has 0 aliphatic heterocycles. The van der Waals surface area contributed by atoms with Crippen molar-refractivity contribution >= 4 is 0 Å². The van der Waals surface area contributed by atoms with Gasteiger partial charge in [0.2, 0.25) is 0 Å². The third-order valence-corrected chi connectivity index (χ3v) is 3.78. The van der Waals surface area contributed by atoms with Crippen LogP contribution in [0.5, 0.6) is 0 Å². The molecule has 1 saturated carbocycles. The summed E-state index contributed by atoms with van der Waals surface area (Å²) in [5.74, 6) is 0. The van der Waals surface area contributed by atoms with E-state index >= 15 is 0 Å². The molecule has 0 saturated heterocycles. The third-order valence-electron chi connectivity index (χ3n) is 3.78. The van der Waals surface area contributed by atoms with Crippen LogP contribution in [-0.4, -0.2) is 26.3 Å². The quantitative estimate of drug-likeness (QED) is 0.555. The molecule has 2 nitrogen and oxygen atoms in total. The molecule has 0 heterocycles. The van der Waals surface area contributed by atoms with E-state index in [1.54, 1.807) is 7.11 Å². The second-order valence-electron chi connectivity index (χ2n) is 5.95. The zero-order valence-corrected chi connectivity index (χ0v) is 11.3. The highest BCUT2D eigenvalue weighted by Gasteiger charge is 2.23. The molecule has 0 amide bonds. The molecule has 0 bridgehead atoms. The van der Waals surface area contributed by atoms with Gasteiger partial charge in [0.15, 0.2) is 0 Å². The van der Waals surface area contributed by atoms with Gasteiger partial charge in [0.25, 0.3) is 0 Å². The molecule has 0 aromatic heterocycles. The Morgan fingerprint density at radius 2 is 2.00 bits per heavy atom. The number of hydrogen-bond donors (Lipinski definition) is 1. The number of hydrogen-bond acceptors (Lipinski definition) is 2. The van der Waals surface area contributed by atoms with E-state index in [2.05, 4.69) is 19.2 Å². The topological polar surface area (TPSA) is 21.3 Å². The molecule has 96 valence electrons. The van der Waals surface area contributed by atoms with Crippen molar-refractivity contribution in [2.45, 2.75) is 64.8 Å². The van der Waals surface area contributed by atoms with Crippen molar-refractivity contribution in [3.8, 4) is 0 Å². The molecule has 1 fully saturated rings. The summed E-state index contributed by atoms with van der Waals surface area (Å²) in [4.78, 5) is 0. The Hall–Kier alpha value is -0.0800. The van der Waals surface area contributed by atoms with Crippen LogP contribution in [0.15, 0.2) is 0 Å². The molecule has 0 aromatic carbocycles. The smallest absolute Gasteiger partial charge is 0.0462 e. The molecule has 0 spiro atoms. The van der Waals surface area contributed by atoms with Crippen LogP contribution >= 0.6 is 0 Å². The summed E-state index contributed by atoms with van der Waals surface area (Å²) >= 11 is 0. The second-order valence-corrected chi connectivity index (χ2v) is 5.95. The van der Waals surface area contributed by atoms with Crippen molar-refractivity contribution in [1.29, 1.82) is 0 Å². The van der Waals surface area contributed by atoms with Gasteiger partial charge in [0.05, 0.1) is 0 Å². The maximum atomic E-state index is 5.05. The lowest BCUT2D eigenvalue weighted by atomic mass is 9.85. The van der Waals surface area contributed by atoms with Crippen LogP contribution in [0.1, 0.15) is 58.8 Å². The lowest BCUT2D eigenvalue weighted by molar-refractivity contribution is 0.192. The second kappa shape index (κ2) is 7.29. The van der Waals surface area contributed by atoms with Crippen LogP contribution in [0, 0.1) is 5.41 Å². The van der Waals surface area contributed by atoms with Crippen molar-refractivity contribution in [1.82, 2.24) is 5.32 Å². The van der Waals surface area contributed by atoms with Crippen molar-refractivity contribution < 1.29 is 4.74 Å². The Morgan fingerprint density at radius 3 is 2.75 bits per heavy atom. The number of methoxy groups -OCH3 is 1. The average Bonchev–Trinajstić information content (AvgIpc) is 2.40. The molecule has 1 atom stereocenters. The van der Waals surface area contributed by atoms with E-state index < -0.39 is 0 Å². The number of ether oxygens (including phenoxy) is 1. The van der Waals surface area contributed by atoms with Crippen LogP contribution in [-0.2, 0) is 4.74 Å². The Balaban J connectivity index is 2.08. The lowest BCUT2D eigenvalue weighted by Gasteiger charge is -2.22. The summed E-state index contributed by atoms with van der Waals surface area (Å²) in [6.45, 7) is 6.88. The van der Waals surface area contributed by atoms with Crippen molar-refractivity contribution in [2.75, 3.05) is 20.3 Å². The minimum Gasteiger partial charge on any atom is -0.385 e. The first kappa shape index (κ1) is 14.0. The molecular formula is C14H29NO. The number of unbranched alkanes of at least 4 members (excludes halogenated alkanes) is 1. The molecule has 16 heavy (non-hydrogen) atoms. The third kappa shape index (κ3) is 5.86. The highest BCUT2D eigenvalue weighted by atomic mass is 16.5. The molecule has 1 aliphatic rings. The zero-order chi connectivity index (χ0) is 11.9. The Bertz CT molecular complexity index is 180. The summed E-state index contributed by atoms with van der Waals surface area (Å²) < 4.78 is 5.05. The van der Waals surface area contributed by atoms with Crippen LogP contribution in [0.3, 0.4) is 0 Å². The normalized spacial score (nSPS) is 25.3. The SMILES string of the molecule is COCCCCNC1CCCC(C)(C)CC1. The van der Waals surface area contributed by atoms with Crippen LogP contribution in [0.2, 0.25) is 0 Å². The summed E-state index contributed by atoms with van der Waals surface area (Å²) in [5.41, 5.74) is 0.576. The molecule has 1 rings (SSSR count). The number of rotatable bonds is 6. The molecule has 0 aromatic rings. The predicted molar refractivity (Wildman–Crippen MR) is 69.8 cm³/mol. The van der Waals surface area contributed by atoms with E-state index in [-0.39, 0.29) is 0 Å². The van der Waals surface area contributed by atoms with Gasteiger partial charge in [-0.15, -0.1) is 0 Å². The summed E-state index contributed by atoms with van der Waals surface area (Å²) in [6, 6.07) is 0.768. The van der Waals surface area contributed by atoms with E-state index in [1.165, 1.54) is 44.9 Å². The summed E-state index contributed by atoms with van der Waals surface area (Å²) in [6.07, 6.45) is 9.32. The Morgan fingerprint density at radius 1 is 1.19 bits per heavy atom. The largest absolute Gasteiger partial charge is 0.385 e. The van der Waals surface area contributed by atoms with E-state index in [9.17, 15) is 0 Å². The molecule has 1 aliphatic carbocycles. The van der Waals surface area contributed by atoms with E-state index in [0.717, 1.165) is 19.2 Å². The van der Waals surface area contributed by atoms with Gasteiger partial charge in [0, 0.05) is 19.8 Å².